The Morgan fingerprint density at radius 2 is 1.07 bits per heavy atom. The van der Waals surface area contributed by atoms with Gasteiger partial charge in [0.15, 0.2) is 11.4 Å². The van der Waals surface area contributed by atoms with Crippen LogP contribution in [-0.4, -0.2) is 9.97 Å². The Balaban J connectivity index is 0.966. The molecule has 1 spiro atoms. The highest BCUT2D eigenvalue weighted by atomic mass is 16.3. The van der Waals surface area contributed by atoms with Crippen molar-refractivity contribution in [2.24, 2.45) is 0 Å². The lowest BCUT2D eigenvalue weighted by molar-refractivity contribution is 0.353. The van der Waals surface area contributed by atoms with E-state index in [9.17, 15) is 0 Å². The Morgan fingerprint density at radius 3 is 1.88 bits per heavy atom. The smallest absolute Gasteiger partial charge is 0.180 e. The van der Waals surface area contributed by atoms with Gasteiger partial charge in [0, 0.05) is 27.3 Å². The van der Waals surface area contributed by atoms with Crippen LogP contribution in [0, 0.1) is 0 Å². The van der Waals surface area contributed by atoms with Crippen molar-refractivity contribution in [2.75, 3.05) is 0 Å². The molecule has 2 aromatic heterocycles. The van der Waals surface area contributed by atoms with Crippen molar-refractivity contribution in [1.29, 1.82) is 0 Å². The molecule has 58 heavy (non-hydrogen) atoms. The fourth-order valence-electron chi connectivity index (χ4n) is 10.8. The molecule has 3 nitrogen and oxygen atoms in total. The summed E-state index contributed by atoms with van der Waals surface area (Å²) in [6.07, 6.45) is 6.34. The summed E-state index contributed by atoms with van der Waals surface area (Å²) in [7, 11) is 0. The second-order valence-electron chi connectivity index (χ2n) is 17.2. The Hall–Kier alpha value is -6.58. The number of rotatable bonds is 4. The summed E-state index contributed by atoms with van der Waals surface area (Å²) in [5, 5.41) is 0.992. The molecule has 1 saturated carbocycles. The van der Waals surface area contributed by atoms with Crippen LogP contribution in [0.5, 0.6) is 0 Å². The van der Waals surface area contributed by atoms with Crippen molar-refractivity contribution in [3.63, 3.8) is 0 Å². The minimum absolute atomic E-state index is 0.0327. The Kier molecular flexibility index (Phi) is 7.21. The third kappa shape index (κ3) is 4.86. The summed E-state index contributed by atoms with van der Waals surface area (Å²) < 4.78 is 6.48. The number of nitrogens with zero attached hydrogens (tertiary/aromatic N) is 2. The summed E-state index contributed by atoms with van der Waals surface area (Å²) in [6.45, 7) is 4.80. The first-order valence-electron chi connectivity index (χ1n) is 20.9. The van der Waals surface area contributed by atoms with Gasteiger partial charge in [0.25, 0.3) is 0 Å². The molecule has 0 saturated heterocycles. The highest BCUT2D eigenvalue weighted by Gasteiger charge is 2.46. The van der Waals surface area contributed by atoms with Crippen LogP contribution in [0.1, 0.15) is 68.2 Å². The number of benzene rings is 7. The summed E-state index contributed by atoms with van der Waals surface area (Å²) in [5.74, 6) is 0.688. The zero-order chi connectivity index (χ0) is 38.6. The Morgan fingerprint density at radius 1 is 0.448 bits per heavy atom. The lowest BCUT2D eigenvalue weighted by Gasteiger charge is -2.36. The monoisotopic (exact) mass is 746 g/mol. The van der Waals surface area contributed by atoms with Gasteiger partial charge in [-0.05, 0) is 122 Å². The third-order valence-electron chi connectivity index (χ3n) is 13.7. The second-order valence-corrected chi connectivity index (χ2v) is 17.2. The van der Waals surface area contributed by atoms with E-state index in [1.165, 1.54) is 87.7 Å². The normalized spacial score (nSPS) is 15.7. The molecule has 0 N–H and O–H groups in total. The zero-order valence-corrected chi connectivity index (χ0v) is 32.8. The van der Waals surface area contributed by atoms with Crippen LogP contribution >= 0.6 is 0 Å². The molecule has 3 heteroatoms. The average molecular weight is 747 g/mol. The number of hydrogen-bond donors (Lipinski definition) is 0. The van der Waals surface area contributed by atoms with Gasteiger partial charge in [-0.2, -0.15) is 0 Å². The van der Waals surface area contributed by atoms with Gasteiger partial charge >= 0.3 is 0 Å². The molecule has 0 amide bonds. The lowest BCUT2D eigenvalue weighted by atomic mass is 9.67. The van der Waals surface area contributed by atoms with E-state index >= 15 is 0 Å². The van der Waals surface area contributed by atoms with E-state index in [4.69, 9.17) is 14.4 Å². The molecule has 3 aliphatic carbocycles. The van der Waals surface area contributed by atoms with Crippen molar-refractivity contribution < 1.29 is 4.42 Å². The first-order valence-corrected chi connectivity index (χ1v) is 20.9. The summed E-state index contributed by atoms with van der Waals surface area (Å²) in [6, 6.07) is 57.7. The van der Waals surface area contributed by atoms with E-state index in [1.54, 1.807) is 5.56 Å². The van der Waals surface area contributed by atoms with Crippen molar-refractivity contribution in [1.82, 2.24) is 9.97 Å². The molecule has 278 valence electrons. The van der Waals surface area contributed by atoms with Crippen LogP contribution < -0.4 is 0 Å². The summed E-state index contributed by atoms with van der Waals surface area (Å²) >= 11 is 0. The largest absolute Gasteiger partial charge is 0.452 e. The zero-order valence-electron chi connectivity index (χ0n) is 32.8. The molecule has 12 rings (SSSR count). The average Bonchev–Trinajstić information content (AvgIpc) is 3.86. The van der Waals surface area contributed by atoms with Gasteiger partial charge in [0.2, 0.25) is 0 Å². The molecule has 0 radical (unpaired) electrons. The fraction of sp³-hybridized carbons (Fsp3) is 0.164. The third-order valence-corrected chi connectivity index (χ3v) is 13.7. The minimum Gasteiger partial charge on any atom is -0.452 e. The van der Waals surface area contributed by atoms with Crippen LogP contribution in [0.15, 0.2) is 162 Å². The number of hydrogen-bond acceptors (Lipinski definition) is 3. The van der Waals surface area contributed by atoms with E-state index in [0.717, 1.165) is 38.9 Å². The number of fused-ring (bicyclic) bond motifs is 11. The van der Waals surface area contributed by atoms with Crippen LogP contribution in [0.3, 0.4) is 0 Å². The van der Waals surface area contributed by atoms with Gasteiger partial charge in [-0.1, -0.05) is 148 Å². The molecule has 1 fully saturated rings. The van der Waals surface area contributed by atoms with Gasteiger partial charge in [-0.3, -0.25) is 0 Å². The molecule has 9 aromatic rings. The topological polar surface area (TPSA) is 38.9 Å². The van der Waals surface area contributed by atoms with E-state index in [-0.39, 0.29) is 10.8 Å². The molecule has 3 aliphatic rings. The number of para-hydroxylation sites is 1. The van der Waals surface area contributed by atoms with E-state index in [0.29, 0.717) is 11.4 Å². The molecule has 0 unspecified atom stereocenters. The van der Waals surface area contributed by atoms with Gasteiger partial charge < -0.3 is 4.42 Å². The molecular formula is C55H42N2O. The number of furan rings is 1. The lowest BCUT2D eigenvalue weighted by Crippen LogP contribution is -2.28. The molecular weight excluding hydrogens is 705 g/mol. The van der Waals surface area contributed by atoms with Gasteiger partial charge in [-0.15, -0.1) is 0 Å². The maximum Gasteiger partial charge on any atom is 0.180 e. The van der Waals surface area contributed by atoms with Gasteiger partial charge in [0.05, 0.1) is 0 Å². The molecule has 0 aliphatic heterocycles. The van der Waals surface area contributed by atoms with E-state index in [1.807, 2.05) is 36.4 Å². The molecule has 2 heterocycles. The molecule has 7 aromatic carbocycles. The van der Waals surface area contributed by atoms with Crippen LogP contribution in [-0.2, 0) is 10.8 Å². The van der Waals surface area contributed by atoms with Crippen molar-refractivity contribution in [3.8, 4) is 67.2 Å². The van der Waals surface area contributed by atoms with E-state index in [2.05, 4.69) is 135 Å². The fourth-order valence-corrected chi connectivity index (χ4v) is 10.8. The highest BCUT2D eigenvalue weighted by molar-refractivity contribution is 6.07. The maximum absolute atomic E-state index is 6.48. The first-order chi connectivity index (χ1) is 28.5. The van der Waals surface area contributed by atoms with Crippen molar-refractivity contribution in [2.45, 2.75) is 56.8 Å². The summed E-state index contributed by atoms with van der Waals surface area (Å²) in [5.41, 5.74) is 21.6. The van der Waals surface area contributed by atoms with E-state index < -0.39 is 0 Å². The van der Waals surface area contributed by atoms with Crippen LogP contribution in [0.25, 0.3) is 89.2 Å². The van der Waals surface area contributed by atoms with Crippen LogP contribution in [0.2, 0.25) is 0 Å². The van der Waals surface area contributed by atoms with Gasteiger partial charge in [-0.25, -0.2) is 9.97 Å². The van der Waals surface area contributed by atoms with Crippen LogP contribution in [0.4, 0.5) is 0 Å². The predicted molar refractivity (Wildman–Crippen MR) is 238 cm³/mol. The first kappa shape index (κ1) is 33.5. The predicted octanol–water partition coefficient (Wildman–Crippen LogP) is 14.6. The molecule has 0 atom stereocenters. The SMILES string of the molecule is CC1(C)c2ccccc2-c2cc3c(cc21)-c1cc(-c2cccc(-c4cccc(-c5nc(-c6ccccc6)nc6c5oc5ccccc56)c4)c2)ccc1C31CCCCC1. The Labute approximate surface area is 339 Å². The second kappa shape index (κ2) is 12.5. The highest BCUT2D eigenvalue weighted by Crippen LogP contribution is 2.60. The summed E-state index contributed by atoms with van der Waals surface area (Å²) in [4.78, 5) is 10.2. The van der Waals surface area contributed by atoms with Crippen molar-refractivity contribution >= 4 is 22.1 Å². The maximum atomic E-state index is 6.48. The Bertz CT molecular complexity index is 3130. The van der Waals surface area contributed by atoms with Crippen molar-refractivity contribution in [3.05, 3.63) is 180 Å². The minimum atomic E-state index is -0.0327. The number of aromatic nitrogens is 2. The van der Waals surface area contributed by atoms with Gasteiger partial charge in [0.1, 0.15) is 16.8 Å². The molecule has 0 bridgehead atoms. The quantitative estimate of drug-likeness (QED) is 0.180. The standard InChI is InChI=1S/C55H42N2O/c1-54(2)45-23-9-7-21-40(45)43-33-48-44(32-47(43)54)42-31-38(25-26-46(42)55(48)27-11-4-12-28-55)36-18-13-17-35(29-36)37-19-14-20-39(30-37)50-52-51(41-22-8-10-24-49(41)58-52)57-53(56-50)34-15-5-3-6-16-34/h3,5-10,13-26,29-33H,4,11-12,27-28H2,1-2H3.